The maximum atomic E-state index is 12.1. The van der Waals surface area contributed by atoms with Crippen molar-refractivity contribution in [1.29, 1.82) is 0 Å². The quantitative estimate of drug-likeness (QED) is 0.512. The number of nitrogens with one attached hydrogen (secondary N) is 2. The van der Waals surface area contributed by atoms with Gasteiger partial charge in [0.25, 0.3) is 5.91 Å². The van der Waals surface area contributed by atoms with Crippen LogP contribution in [0.1, 0.15) is 24.1 Å². The van der Waals surface area contributed by atoms with Crippen LogP contribution in [0.25, 0.3) is 0 Å². The number of hydrogen-bond acceptors (Lipinski definition) is 4. The highest BCUT2D eigenvalue weighted by molar-refractivity contribution is 5.94. The normalized spacial score (nSPS) is 16.9. The second kappa shape index (κ2) is 9.68. The highest BCUT2D eigenvalue weighted by atomic mass is 16.5. The van der Waals surface area contributed by atoms with Crippen molar-refractivity contribution in [3.63, 3.8) is 0 Å². The molecule has 0 radical (unpaired) electrons. The molecule has 1 atom stereocenters. The molecule has 1 aromatic heterocycles. The summed E-state index contributed by atoms with van der Waals surface area (Å²) < 4.78 is 5.40. The van der Waals surface area contributed by atoms with Gasteiger partial charge in [0.1, 0.15) is 6.10 Å². The van der Waals surface area contributed by atoms with E-state index in [1.54, 1.807) is 6.20 Å². The van der Waals surface area contributed by atoms with E-state index in [1.807, 2.05) is 42.5 Å². The number of aromatic nitrogens is 1. The largest absolute Gasteiger partial charge is 0.370 e. The number of aliphatic imine (C=N–C) groups is 1. The van der Waals surface area contributed by atoms with E-state index in [0.29, 0.717) is 25.7 Å². The van der Waals surface area contributed by atoms with Crippen molar-refractivity contribution in [1.82, 2.24) is 10.3 Å². The number of pyridine rings is 1. The number of anilines is 1. The SMILES string of the molecule is NC(=NCc1cccc(NC(=O)C2CCCO2)c1)NCCc1ccccn1. The predicted molar refractivity (Wildman–Crippen MR) is 105 cm³/mol. The third-order valence-electron chi connectivity index (χ3n) is 4.26. The Morgan fingerprint density at radius 3 is 3.00 bits per heavy atom. The first kappa shape index (κ1) is 18.8. The van der Waals surface area contributed by atoms with Gasteiger partial charge in [0.2, 0.25) is 0 Å². The minimum absolute atomic E-state index is 0.0937. The zero-order valence-corrected chi connectivity index (χ0v) is 15.2. The Hall–Kier alpha value is -2.93. The molecule has 0 spiro atoms. The zero-order chi connectivity index (χ0) is 18.9. The van der Waals surface area contributed by atoms with Gasteiger partial charge in [0, 0.05) is 37.2 Å². The molecule has 1 saturated heterocycles. The van der Waals surface area contributed by atoms with E-state index in [1.165, 1.54) is 0 Å². The van der Waals surface area contributed by atoms with Gasteiger partial charge in [-0.1, -0.05) is 18.2 Å². The Morgan fingerprint density at radius 2 is 2.22 bits per heavy atom. The molecule has 7 nitrogen and oxygen atoms in total. The number of amides is 1. The van der Waals surface area contributed by atoms with Gasteiger partial charge in [0.05, 0.1) is 6.54 Å². The lowest BCUT2D eigenvalue weighted by Gasteiger charge is -2.11. The smallest absolute Gasteiger partial charge is 0.253 e. The highest BCUT2D eigenvalue weighted by Crippen LogP contribution is 2.16. The van der Waals surface area contributed by atoms with Crippen molar-refractivity contribution < 1.29 is 9.53 Å². The van der Waals surface area contributed by atoms with E-state index in [9.17, 15) is 4.79 Å². The summed E-state index contributed by atoms with van der Waals surface area (Å²) >= 11 is 0. The zero-order valence-electron chi connectivity index (χ0n) is 15.2. The summed E-state index contributed by atoms with van der Waals surface area (Å²) in [4.78, 5) is 20.7. The van der Waals surface area contributed by atoms with Crippen molar-refractivity contribution in [3.8, 4) is 0 Å². The molecular weight excluding hydrogens is 342 g/mol. The second-order valence-corrected chi connectivity index (χ2v) is 6.39. The monoisotopic (exact) mass is 367 g/mol. The molecule has 1 fully saturated rings. The van der Waals surface area contributed by atoms with Gasteiger partial charge < -0.3 is 21.1 Å². The lowest BCUT2D eigenvalue weighted by molar-refractivity contribution is -0.124. The molecular formula is C20H25N5O2. The maximum absolute atomic E-state index is 12.1. The van der Waals surface area contributed by atoms with Crippen LogP contribution in [-0.4, -0.2) is 36.1 Å². The Morgan fingerprint density at radius 1 is 1.30 bits per heavy atom. The first-order valence-electron chi connectivity index (χ1n) is 9.16. The molecule has 0 saturated carbocycles. The number of nitrogens with zero attached hydrogens (tertiary/aromatic N) is 2. The van der Waals surface area contributed by atoms with E-state index < -0.39 is 0 Å². The molecule has 27 heavy (non-hydrogen) atoms. The van der Waals surface area contributed by atoms with Crippen LogP contribution in [0.3, 0.4) is 0 Å². The topological polar surface area (TPSA) is 102 Å². The summed E-state index contributed by atoms with van der Waals surface area (Å²) in [6.07, 6.45) is 3.92. The molecule has 7 heteroatoms. The number of carbonyl (C=O) groups excluding carboxylic acids is 1. The number of carbonyl (C=O) groups is 1. The lowest BCUT2D eigenvalue weighted by Crippen LogP contribution is -2.33. The van der Waals surface area contributed by atoms with Gasteiger partial charge in [-0.2, -0.15) is 0 Å². The average Bonchev–Trinajstić information content (AvgIpc) is 3.23. The van der Waals surface area contributed by atoms with Crippen molar-refractivity contribution in [2.75, 3.05) is 18.5 Å². The van der Waals surface area contributed by atoms with Crippen LogP contribution >= 0.6 is 0 Å². The predicted octanol–water partition coefficient (Wildman–Crippen LogP) is 1.85. The van der Waals surface area contributed by atoms with Crippen molar-refractivity contribution in [2.24, 2.45) is 10.7 Å². The summed E-state index contributed by atoms with van der Waals surface area (Å²) in [5, 5.41) is 5.98. The summed E-state index contributed by atoms with van der Waals surface area (Å²) in [6, 6.07) is 13.4. The van der Waals surface area contributed by atoms with E-state index in [4.69, 9.17) is 10.5 Å². The third kappa shape index (κ3) is 6.07. The minimum atomic E-state index is -0.342. The third-order valence-corrected chi connectivity index (χ3v) is 4.26. The van der Waals surface area contributed by atoms with Crippen LogP contribution in [0.4, 0.5) is 5.69 Å². The van der Waals surface area contributed by atoms with Gasteiger partial charge in [-0.3, -0.25) is 9.78 Å². The first-order valence-corrected chi connectivity index (χ1v) is 9.16. The van der Waals surface area contributed by atoms with Gasteiger partial charge in [-0.25, -0.2) is 4.99 Å². The fourth-order valence-electron chi connectivity index (χ4n) is 2.85. The molecule has 4 N–H and O–H groups in total. The van der Waals surface area contributed by atoms with Crippen LogP contribution in [0.2, 0.25) is 0 Å². The molecule has 1 aromatic carbocycles. The number of benzene rings is 1. The molecule has 0 bridgehead atoms. The summed E-state index contributed by atoms with van der Waals surface area (Å²) in [5.41, 5.74) is 8.63. The summed E-state index contributed by atoms with van der Waals surface area (Å²) in [5.74, 6) is 0.295. The van der Waals surface area contributed by atoms with Gasteiger partial charge in [0.15, 0.2) is 5.96 Å². The van der Waals surface area contributed by atoms with Crippen molar-refractivity contribution in [3.05, 3.63) is 59.9 Å². The second-order valence-electron chi connectivity index (χ2n) is 6.39. The van der Waals surface area contributed by atoms with Crippen LogP contribution < -0.4 is 16.4 Å². The minimum Gasteiger partial charge on any atom is -0.370 e. The van der Waals surface area contributed by atoms with E-state index in [2.05, 4.69) is 20.6 Å². The molecule has 2 aromatic rings. The fourth-order valence-corrected chi connectivity index (χ4v) is 2.85. The molecule has 0 aliphatic carbocycles. The number of hydrogen-bond donors (Lipinski definition) is 3. The Balaban J connectivity index is 1.46. The molecule has 1 aliphatic heterocycles. The number of rotatable bonds is 7. The first-order chi connectivity index (χ1) is 13.2. The highest BCUT2D eigenvalue weighted by Gasteiger charge is 2.23. The van der Waals surface area contributed by atoms with Crippen LogP contribution in [0, 0.1) is 0 Å². The molecule has 1 amide bonds. The fraction of sp³-hybridized carbons (Fsp3) is 0.350. The summed E-state index contributed by atoms with van der Waals surface area (Å²) in [6.45, 7) is 1.76. The number of ether oxygens (including phenoxy) is 1. The Kier molecular flexibility index (Phi) is 6.76. The molecule has 142 valence electrons. The Bertz CT molecular complexity index is 773. The van der Waals surface area contributed by atoms with E-state index in [0.717, 1.165) is 36.2 Å². The lowest BCUT2D eigenvalue weighted by atomic mass is 10.2. The van der Waals surface area contributed by atoms with Gasteiger partial charge in [-0.05, 0) is 42.7 Å². The van der Waals surface area contributed by atoms with Crippen molar-refractivity contribution >= 4 is 17.6 Å². The maximum Gasteiger partial charge on any atom is 0.253 e. The molecule has 1 aliphatic rings. The van der Waals surface area contributed by atoms with E-state index >= 15 is 0 Å². The average molecular weight is 367 g/mol. The van der Waals surface area contributed by atoms with E-state index in [-0.39, 0.29) is 12.0 Å². The molecule has 2 heterocycles. The summed E-state index contributed by atoms with van der Waals surface area (Å²) in [7, 11) is 0. The molecule has 1 unspecified atom stereocenters. The molecule has 3 rings (SSSR count). The van der Waals surface area contributed by atoms with Crippen molar-refractivity contribution in [2.45, 2.75) is 31.9 Å². The standard InChI is InChI=1S/C20H25N5O2/c21-20(23-11-9-16-6-1-2-10-22-16)24-14-15-5-3-7-17(13-15)25-19(26)18-8-4-12-27-18/h1-3,5-7,10,13,18H,4,8-9,11-12,14H2,(H,25,26)(H3,21,23,24). The number of nitrogens with two attached hydrogens (primary N) is 1. The van der Waals surface area contributed by atoms with Crippen LogP contribution in [0.15, 0.2) is 53.7 Å². The van der Waals surface area contributed by atoms with Crippen LogP contribution in [0.5, 0.6) is 0 Å². The number of guanidine groups is 1. The van der Waals surface area contributed by atoms with Gasteiger partial charge in [-0.15, -0.1) is 0 Å². The Labute approximate surface area is 159 Å². The van der Waals surface area contributed by atoms with Crippen LogP contribution in [-0.2, 0) is 22.5 Å². The van der Waals surface area contributed by atoms with Gasteiger partial charge >= 0.3 is 0 Å².